The van der Waals surface area contributed by atoms with Crippen molar-refractivity contribution in [2.24, 2.45) is 7.05 Å². The second kappa shape index (κ2) is 7.45. The first-order valence-corrected chi connectivity index (χ1v) is 9.37. The second-order valence-corrected chi connectivity index (χ2v) is 7.23. The van der Waals surface area contributed by atoms with Gasteiger partial charge in [-0.1, -0.05) is 11.6 Å². The van der Waals surface area contributed by atoms with E-state index in [0.717, 1.165) is 0 Å². The number of hydrogen-bond acceptors (Lipinski definition) is 5. The van der Waals surface area contributed by atoms with Gasteiger partial charge in [-0.05, 0) is 18.2 Å². The number of rotatable bonds is 2. The third-order valence-electron chi connectivity index (χ3n) is 5.02. The van der Waals surface area contributed by atoms with Crippen LogP contribution in [0.2, 0.25) is 5.02 Å². The summed E-state index contributed by atoms with van der Waals surface area (Å²) in [7, 11) is 2.70. The predicted octanol–water partition coefficient (Wildman–Crippen LogP) is 2.20. The zero-order valence-corrected chi connectivity index (χ0v) is 16.9. The van der Waals surface area contributed by atoms with E-state index >= 15 is 0 Å². The van der Waals surface area contributed by atoms with Gasteiger partial charge in [-0.15, -0.1) is 0 Å². The Hall–Kier alpha value is -3.40. The number of carbonyl (C=O) groups is 2. The molecule has 0 atom stereocenters. The van der Waals surface area contributed by atoms with E-state index in [1.807, 2.05) is 0 Å². The van der Waals surface area contributed by atoms with Crippen molar-refractivity contribution in [3.8, 4) is 0 Å². The van der Waals surface area contributed by atoms with Crippen molar-refractivity contribution < 1.29 is 18.7 Å². The molecule has 1 N–H and O–H groups in total. The summed E-state index contributed by atoms with van der Waals surface area (Å²) in [6.45, 7) is 0.536. The molecule has 0 bridgehead atoms. The summed E-state index contributed by atoms with van der Waals surface area (Å²) in [5, 5.41) is 6.99. The second-order valence-electron chi connectivity index (χ2n) is 6.82. The van der Waals surface area contributed by atoms with Crippen molar-refractivity contribution in [3.05, 3.63) is 62.5 Å². The van der Waals surface area contributed by atoms with Crippen LogP contribution in [0.3, 0.4) is 0 Å². The number of ether oxygens (including phenoxy) is 1. The van der Waals surface area contributed by atoms with Crippen LogP contribution in [0.15, 0.2) is 29.2 Å². The fraction of sp³-hybridized carbons (Fsp3) is 0.263. The Balaban J connectivity index is 1.65. The number of methoxy groups -OCH3 is 1. The van der Waals surface area contributed by atoms with E-state index in [1.165, 1.54) is 52.5 Å². The first kappa shape index (κ1) is 19.9. The van der Waals surface area contributed by atoms with Crippen LogP contribution in [0.5, 0.6) is 0 Å². The lowest BCUT2D eigenvalue weighted by atomic mass is 10.1. The monoisotopic (exact) mass is 433 g/mol. The molecule has 0 aliphatic carbocycles. The highest BCUT2D eigenvalue weighted by atomic mass is 35.5. The van der Waals surface area contributed by atoms with E-state index < -0.39 is 23.4 Å². The molecule has 30 heavy (non-hydrogen) atoms. The van der Waals surface area contributed by atoms with Crippen molar-refractivity contribution in [3.63, 3.8) is 0 Å². The van der Waals surface area contributed by atoms with Crippen molar-refractivity contribution in [1.82, 2.24) is 19.1 Å². The third-order valence-corrected chi connectivity index (χ3v) is 5.31. The van der Waals surface area contributed by atoms with E-state index in [9.17, 15) is 18.8 Å². The van der Waals surface area contributed by atoms with Crippen LogP contribution in [-0.4, -0.2) is 44.7 Å². The lowest BCUT2D eigenvalue weighted by Gasteiger charge is -2.26. The van der Waals surface area contributed by atoms with Crippen LogP contribution in [0, 0.1) is 5.82 Å². The number of amides is 2. The Morgan fingerprint density at radius 2 is 2.10 bits per heavy atom. The van der Waals surface area contributed by atoms with Gasteiger partial charge in [0.25, 0.3) is 5.56 Å². The molecular weight excluding hydrogens is 417 g/mol. The van der Waals surface area contributed by atoms with Crippen molar-refractivity contribution >= 4 is 34.8 Å². The zero-order valence-electron chi connectivity index (χ0n) is 16.1. The van der Waals surface area contributed by atoms with Gasteiger partial charge in [0.15, 0.2) is 0 Å². The summed E-state index contributed by atoms with van der Waals surface area (Å²) in [6, 6.07) is 3.49. The van der Waals surface area contributed by atoms with Gasteiger partial charge in [-0.25, -0.2) is 18.5 Å². The number of aromatic nitrogens is 3. The highest BCUT2D eigenvalue weighted by Crippen LogP contribution is 2.24. The SMILES string of the molecule is COC(=O)c1cn2nc3c(c2c(=O)n1C)CN(C(=O)Nc1ccc(F)c(Cl)c1)CC3. The maximum atomic E-state index is 13.3. The maximum Gasteiger partial charge on any atom is 0.356 e. The quantitative estimate of drug-likeness (QED) is 0.625. The van der Waals surface area contributed by atoms with Gasteiger partial charge in [-0.3, -0.25) is 4.79 Å². The molecule has 0 fully saturated rings. The number of esters is 1. The summed E-state index contributed by atoms with van der Waals surface area (Å²) in [4.78, 5) is 39.0. The normalized spacial score (nSPS) is 13.3. The Kier molecular flexibility index (Phi) is 4.94. The van der Waals surface area contributed by atoms with Crippen LogP contribution >= 0.6 is 11.6 Å². The van der Waals surface area contributed by atoms with Gasteiger partial charge >= 0.3 is 12.0 Å². The summed E-state index contributed by atoms with van der Waals surface area (Å²) in [5.41, 5.74) is 1.60. The largest absolute Gasteiger partial charge is 0.464 e. The lowest BCUT2D eigenvalue weighted by molar-refractivity contribution is 0.0587. The van der Waals surface area contributed by atoms with Crippen LogP contribution in [0.1, 0.15) is 21.7 Å². The van der Waals surface area contributed by atoms with Gasteiger partial charge < -0.3 is 19.5 Å². The molecule has 1 aromatic carbocycles. The number of carbonyl (C=O) groups excluding carboxylic acids is 2. The number of halogens is 2. The predicted molar refractivity (Wildman–Crippen MR) is 106 cm³/mol. The Morgan fingerprint density at radius 1 is 1.33 bits per heavy atom. The van der Waals surface area contributed by atoms with Crippen LogP contribution in [-0.2, 0) is 24.8 Å². The molecule has 156 valence electrons. The number of hydrogen-bond donors (Lipinski definition) is 1. The Labute approximate surface area is 174 Å². The molecular formula is C19H17ClFN5O4. The number of urea groups is 1. The van der Waals surface area contributed by atoms with E-state index in [-0.39, 0.29) is 17.3 Å². The fourth-order valence-electron chi connectivity index (χ4n) is 3.43. The molecule has 0 saturated carbocycles. The average Bonchev–Trinajstić information content (AvgIpc) is 3.10. The van der Waals surface area contributed by atoms with E-state index in [4.69, 9.17) is 16.3 Å². The molecule has 4 rings (SSSR count). The van der Waals surface area contributed by atoms with Crippen molar-refractivity contribution in [2.75, 3.05) is 19.0 Å². The van der Waals surface area contributed by atoms with Gasteiger partial charge in [0.2, 0.25) is 0 Å². The van der Waals surface area contributed by atoms with Crippen LogP contribution in [0.25, 0.3) is 5.52 Å². The van der Waals surface area contributed by atoms with Crippen LogP contribution in [0.4, 0.5) is 14.9 Å². The molecule has 0 spiro atoms. The molecule has 0 radical (unpaired) electrons. The van der Waals surface area contributed by atoms with Crippen molar-refractivity contribution in [1.29, 1.82) is 0 Å². The average molecular weight is 434 g/mol. The number of nitrogens with zero attached hydrogens (tertiary/aromatic N) is 4. The summed E-state index contributed by atoms with van der Waals surface area (Å²) in [5.74, 6) is -1.23. The Bertz CT molecular complexity index is 1250. The molecule has 1 aliphatic heterocycles. The molecule has 2 aromatic heterocycles. The molecule has 2 amide bonds. The molecule has 11 heteroatoms. The molecule has 0 unspecified atom stereocenters. The molecule has 9 nitrogen and oxygen atoms in total. The minimum absolute atomic E-state index is 0.0673. The summed E-state index contributed by atoms with van der Waals surface area (Å²) in [6.07, 6.45) is 1.87. The summed E-state index contributed by atoms with van der Waals surface area (Å²) >= 11 is 5.76. The van der Waals surface area contributed by atoms with Gasteiger partial charge in [0.1, 0.15) is 17.0 Å². The van der Waals surface area contributed by atoms with Gasteiger partial charge in [0.05, 0.1) is 30.6 Å². The van der Waals surface area contributed by atoms with Gasteiger partial charge in [0, 0.05) is 31.3 Å². The lowest BCUT2D eigenvalue weighted by Crippen LogP contribution is -2.39. The minimum atomic E-state index is -0.649. The number of fused-ring (bicyclic) bond motifs is 3. The minimum Gasteiger partial charge on any atom is -0.464 e. The first-order chi connectivity index (χ1) is 14.3. The zero-order chi connectivity index (χ0) is 21.6. The Morgan fingerprint density at radius 3 is 2.80 bits per heavy atom. The van der Waals surface area contributed by atoms with E-state index in [1.54, 1.807) is 0 Å². The first-order valence-electron chi connectivity index (χ1n) is 8.99. The molecule has 1 aliphatic rings. The maximum absolute atomic E-state index is 13.3. The van der Waals surface area contributed by atoms with Gasteiger partial charge in [-0.2, -0.15) is 5.10 Å². The standard InChI is InChI=1S/C19H17ClFN5O4/c1-24-15(18(28)30-2)9-26-16(17(24)27)11-8-25(6-5-14(11)23-26)19(29)22-10-3-4-13(21)12(20)7-10/h3-4,7,9H,5-6,8H2,1-2H3,(H,22,29). The van der Waals surface area contributed by atoms with Crippen molar-refractivity contribution in [2.45, 2.75) is 13.0 Å². The van der Waals surface area contributed by atoms with Crippen LogP contribution < -0.4 is 10.9 Å². The third kappa shape index (κ3) is 3.28. The molecule has 3 heterocycles. The number of benzene rings is 1. The number of anilines is 1. The summed E-state index contributed by atoms with van der Waals surface area (Å²) < 4.78 is 20.6. The smallest absolute Gasteiger partial charge is 0.356 e. The van der Waals surface area contributed by atoms with E-state index in [2.05, 4.69) is 10.4 Å². The fourth-order valence-corrected chi connectivity index (χ4v) is 3.61. The highest BCUT2D eigenvalue weighted by Gasteiger charge is 2.28. The highest BCUT2D eigenvalue weighted by molar-refractivity contribution is 6.31. The number of nitrogens with one attached hydrogen (secondary N) is 1. The van der Waals surface area contributed by atoms with E-state index in [0.29, 0.717) is 35.4 Å². The topological polar surface area (TPSA) is 97.9 Å². The molecule has 0 saturated heterocycles. The molecule has 3 aromatic rings.